The number of hydrogen-bond donors (Lipinski definition) is 2. The van der Waals surface area contributed by atoms with E-state index >= 15 is 0 Å². The van der Waals surface area contributed by atoms with Crippen LogP contribution >= 0.6 is 11.6 Å². The molecule has 0 atom stereocenters. The number of carboxylic acid groups (broad SMARTS) is 1. The average molecular weight is 601 g/mol. The lowest BCUT2D eigenvalue weighted by molar-refractivity contribution is -0.137. The number of amides is 2. The molecule has 9 heteroatoms. The van der Waals surface area contributed by atoms with Gasteiger partial charge in [0.15, 0.2) is 0 Å². The van der Waals surface area contributed by atoms with Crippen molar-refractivity contribution in [2.45, 2.75) is 19.4 Å². The summed E-state index contributed by atoms with van der Waals surface area (Å²) in [6.07, 6.45) is 0.235. The Bertz CT molecular complexity index is 1580. The lowest BCUT2D eigenvalue weighted by Crippen LogP contribution is -2.35. The first-order valence-corrected chi connectivity index (χ1v) is 14.1. The molecular weight excluding hydrogens is 568 g/mol. The fourth-order valence-corrected chi connectivity index (χ4v) is 4.93. The molecule has 4 rings (SSSR count). The number of methoxy groups -OCH3 is 2. The van der Waals surface area contributed by atoms with Crippen molar-refractivity contribution in [2.24, 2.45) is 0 Å². The smallest absolute Gasteiger partial charge is 0.305 e. The molecule has 0 saturated heterocycles. The molecule has 0 fully saturated rings. The van der Waals surface area contributed by atoms with Crippen LogP contribution in [0.5, 0.6) is 11.5 Å². The van der Waals surface area contributed by atoms with Crippen LogP contribution in [0, 0.1) is 0 Å². The van der Waals surface area contributed by atoms with E-state index < -0.39 is 5.97 Å². The van der Waals surface area contributed by atoms with Gasteiger partial charge in [0.2, 0.25) is 0 Å². The van der Waals surface area contributed by atoms with Crippen LogP contribution in [0.1, 0.15) is 38.3 Å². The molecule has 0 aliphatic carbocycles. The summed E-state index contributed by atoms with van der Waals surface area (Å²) in [6, 6.07) is 26.8. The number of carboxylic acids is 1. The van der Waals surface area contributed by atoms with E-state index in [1.807, 2.05) is 30.3 Å². The first kappa shape index (κ1) is 31.1. The zero-order valence-electron chi connectivity index (χ0n) is 24.0. The molecule has 0 heterocycles. The Balaban J connectivity index is 1.62. The molecule has 43 heavy (non-hydrogen) atoms. The second-order valence-corrected chi connectivity index (χ2v) is 10.2. The topological polar surface area (TPSA) is 105 Å². The fourth-order valence-electron chi connectivity index (χ4n) is 4.72. The largest absolute Gasteiger partial charge is 0.497 e. The van der Waals surface area contributed by atoms with Gasteiger partial charge in [0.25, 0.3) is 11.8 Å². The first-order chi connectivity index (χ1) is 20.8. The summed E-state index contributed by atoms with van der Waals surface area (Å²) in [5, 5.41) is 12.9. The zero-order chi connectivity index (χ0) is 30.8. The quantitative estimate of drug-likeness (QED) is 0.192. The van der Waals surface area contributed by atoms with E-state index in [2.05, 4.69) is 5.32 Å². The minimum Gasteiger partial charge on any atom is -0.497 e. The van der Waals surface area contributed by atoms with Crippen LogP contribution < -0.4 is 14.8 Å². The van der Waals surface area contributed by atoms with E-state index in [4.69, 9.17) is 21.1 Å². The summed E-state index contributed by atoms with van der Waals surface area (Å²) in [5.41, 5.74) is 3.57. The Labute approximate surface area is 255 Å². The van der Waals surface area contributed by atoms with Gasteiger partial charge >= 0.3 is 5.97 Å². The van der Waals surface area contributed by atoms with Crippen molar-refractivity contribution in [2.75, 3.05) is 27.3 Å². The van der Waals surface area contributed by atoms with Crippen LogP contribution in [0.15, 0.2) is 91.0 Å². The Morgan fingerprint density at radius 3 is 2.00 bits per heavy atom. The number of nitrogens with zero attached hydrogens (tertiary/aromatic N) is 1. The van der Waals surface area contributed by atoms with Crippen LogP contribution in [0.2, 0.25) is 5.02 Å². The minimum absolute atomic E-state index is 0.0174. The number of aliphatic carboxylic acids is 1. The standard InChI is InChI=1S/C34H33ClN2O6/c1-42-25-19-23(20-26(21-25)43-2)15-17-37(18-16-32(38)39)34(41)30-13-7-5-11-28(30)27-10-4-6-12-29(27)33(40)36-22-24-9-3-8-14-31(24)35/h3-14,19-21H,15-18,22H2,1-2H3,(H,36,40)(H,38,39). The molecule has 0 bridgehead atoms. The summed E-state index contributed by atoms with van der Waals surface area (Å²) < 4.78 is 10.7. The molecule has 0 saturated carbocycles. The molecule has 0 aliphatic rings. The van der Waals surface area contributed by atoms with Crippen molar-refractivity contribution >= 4 is 29.4 Å². The molecule has 4 aromatic carbocycles. The number of rotatable bonds is 13. The monoisotopic (exact) mass is 600 g/mol. The van der Waals surface area contributed by atoms with Crippen molar-refractivity contribution in [3.05, 3.63) is 118 Å². The number of carbonyl (C=O) groups is 3. The third-order valence-corrected chi connectivity index (χ3v) is 7.35. The molecule has 2 amide bonds. The number of hydrogen-bond acceptors (Lipinski definition) is 5. The van der Waals surface area contributed by atoms with Crippen molar-refractivity contribution in [1.29, 1.82) is 0 Å². The highest BCUT2D eigenvalue weighted by Gasteiger charge is 2.23. The summed E-state index contributed by atoms with van der Waals surface area (Å²) in [7, 11) is 3.13. The molecular formula is C34H33ClN2O6. The van der Waals surface area contributed by atoms with Crippen LogP contribution in [0.25, 0.3) is 11.1 Å². The highest BCUT2D eigenvalue weighted by Crippen LogP contribution is 2.29. The van der Waals surface area contributed by atoms with Crippen LogP contribution in [0.3, 0.4) is 0 Å². The second kappa shape index (κ2) is 14.9. The molecule has 2 N–H and O–H groups in total. The van der Waals surface area contributed by atoms with Gasteiger partial charge in [-0.3, -0.25) is 14.4 Å². The Hall–Kier alpha value is -4.82. The second-order valence-electron chi connectivity index (χ2n) is 9.77. The Morgan fingerprint density at radius 1 is 0.791 bits per heavy atom. The molecule has 0 aromatic heterocycles. The normalized spacial score (nSPS) is 10.6. The summed E-state index contributed by atoms with van der Waals surface area (Å²) >= 11 is 6.26. The zero-order valence-corrected chi connectivity index (χ0v) is 24.8. The van der Waals surface area contributed by atoms with Crippen molar-refractivity contribution in [3.8, 4) is 22.6 Å². The lowest BCUT2D eigenvalue weighted by atomic mass is 9.94. The van der Waals surface area contributed by atoms with Gasteiger partial charge < -0.3 is 24.8 Å². The Kier molecular flexibility index (Phi) is 10.8. The molecule has 0 aliphatic heterocycles. The van der Waals surface area contributed by atoms with Crippen LogP contribution in [-0.2, 0) is 17.8 Å². The van der Waals surface area contributed by atoms with Gasteiger partial charge in [-0.2, -0.15) is 0 Å². The van der Waals surface area contributed by atoms with E-state index in [1.54, 1.807) is 74.9 Å². The predicted octanol–water partition coefficient (Wildman–Crippen LogP) is 6.11. The molecule has 4 aromatic rings. The number of benzene rings is 4. The van der Waals surface area contributed by atoms with E-state index in [1.165, 1.54) is 4.90 Å². The van der Waals surface area contributed by atoms with Gasteiger partial charge in [-0.15, -0.1) is 0 Å². The minimum atomic E-state index is -1.00. The summed E-state index contributed by atoms with van der Waals surface area (Å²) in [4.78, 5) is 40.4. The summed E-state index contributed by atoms with van der Waals surface area (Å²) in [6.45, 7) is 0.520. The van der Waals surface area contributed by atoms with E-state index in [9.17, 15) is 19.5 Å². The van der Waals surface area contributed by atoms with Crippen molar-refractivity contribution in [1.82, 2.24) is 10.2 Å². The average Bonchev–Trinajstić information content (AvgIpc) is 3.03. The third kappa shape index (κ3) is 8.14. The SMILES string of the molecule is COc1cc(CCN(CCC(=O)O)C(=O)c2ccccc2-c2ccccc2C(=O)NCc2ccccc2Cl)cc(OC)c1. The predicted molar refractivity (Wildman–Crippen MR) is 166 cm³/mol. The third-order valence-electron chi connectivity index (χ3n) is 6.98. The van der Waals surface area contributed by atoms with Gasteiger partial charge in [0, 0.05) is 41.9 Å². The highest BCUT2D eigenvalue weighted by atomic mass is 35.5. The maximum atomic E-state index is 14.0. The van der Waals surface area contributed by atoms with E-state index in [0.717, 1.165) is 11.1 Å². The molecule has 0 radical (unpaired) electrons. The molecule has 222 valence electrons. The van der Waals surface area contributed by atoms with Gasteiger partial charge in [-0.1, -0.05) is 66.2 Å². The van der Waals surface area contributed by atoms with Gasteiger partial charge in [-0.25, -0.2) is 0 Å². The highest BCUT2D eigenvalue weighted by molar-refractivity contribution is 6.31. The van der Waals surface area contributed by atoms with Crippen LogP contribution in [-0.4, -0.2) is 55.1 Å². The fraction of sp³-hybridized carbons (Fsp3) is 0.206. The number of ether oxygens (including phenoxy) is 2. The number of carbonyl (C=O) groups excluding carboxylic acids is 2. The van der Waals surface area contributed by atoms with Gasteiger partial charge in [-0.05, 0) is 59.0 Å². The summed E-state index contributed by atoms with van der Waals surface area (Å²) in [5.74, 6) is -0.416. The lowest BCUT2D eigenvalue weighted by Gasteiger charge is -2.24. The van der Waals surface area contributed by atoms with Crippen molar-refractivity contribution in [3.63, 3.8) is 0 Å². The van der Waals surface area contributed by atoms with E-state index in [0.29, 0.717) is 45.2 Å². The van der Waals surface area contributed by atoms with Gasteiger partial charge in [0.1, 0.15) is 11.5 Å². The Morgan fingerprint density at radius 2 is 1.37 bits per heavy atom. The number of halogens is 1. The maximum Gasteiger partial charge on any atom is 0.305 e. The number of nitrogens with one attached hydrogen (secondary N) is 1. The first-order valence-electron chi connectivity index (χ1n) is 13.7. The maximum absolute atomic E-state index is 14.0. The molecule has 0 unspecified atom stereocenters. The molecule has 8 nitrogen and oxygen atoms in total. The van der Waals surface area contributed by atoms with Gasteiger partial charge in [0.05, 0.1) is 20.6 Å². The van der Waals surface area contributed by atoms with E-state index in [-0.39, 0.29) is 37.9 Å². The van der Waals surface area contributed by atoms with Crippen LogP contribution in [0.4, 0.5) is 0 Å². The molecule has 0 spiro atoms. The van der Waals surface area contributed by atoms with Crippen molar-refractivity contribution < 1.29 is 29.0 Å².